The molecule has 0 heterocycles. The molecule has 3 heteroatoms. The zero-order valence-corrected chi connectivity index (χ0v) is 7.58. The molecule has 1 atom stereocenters. The quantitative estimate of drug-likeness (QED) is 0.483. The van der Waals surface area contributed by atoms with E-state index in [2.05, 4.69) is 6.58 Å². The second kappa shape index (κ2) is 6.85. The van der Waals surface area contributed by atoms with Gasteiger partial charge in [0.1, 0.15) is 6.61 Å². The summed E-state index contributed by atoms with van der Waals surface area (Å²) < 4.78 is 4.77. The summed E-state index contributed by atoms with van der Waals surface area (Å²) in [5.74, 6) is -0.196. The molecule has 0 fully saturated rings. The van der Waals surface area contributed by atoms with Crippen LogP contribution in [0.5, 0.6) is 0 Å². The fraction of sp³-hybridized carbons (Fsp3) is 0.667. The molecule has 0 aromatic carbocycles. The van der Waals surface area contributed by atoms with Crippen LogP contribution in [-0.4, -0.2) is 18.6 Å². The molecule has 0 bridgehead atoms. The van der Waals surface area contributed by atoms with Gasteiger partial charge >= 0.3 is 5.97 Å². The summed E-state index contributed by atoms with van der Waals surface area (Å²) >= 11 is 0. The first kappa shape index (κ1) is 11.2. The maximum atomic E-state index is 10.9. The predicted octanol–water partition coefficient (Wildman–Crippen LogP) is 1.23. The van der Waals surface area contributed by atoms with Gasteiger partial charge in [0.2, 0.25) is 0 Å². The van der Waals surface area contributed by atoms with Gasteiger partial charge in [0.05, 0.1) is 0 Å². The highest BCUT2D eigenvalue weighted by Crippen LogP contribution is 1.99. The second-order valence-corrected chi connectivity index (χ2v) is 2.68. The lowest BCUT2D eigenvalue weighted by Gasteiger charge is -2.06. The summed E-state index contributed by atoms with van der Waals surface area (Å²) in [5, 5.41) is 0. The number of hydrogen-bond donors (Lipinski definition) is 1. The highest BCUT2D eigenvalue weighted by atomic mass is 16.5. The van der Waals surface area contributed by atoms with Crippen LogP contribution in [0.3, 0.4) is 0 Å². The van der Waals surface area contributed by atoms with Crippen molar-refractivity contribution in [2.45, 2.75) is 32.2 Å². The van der Waals surface area contributed by atoms with Gasteiger partial charge in [-0.2, -0.15) is 0 Å². The van der Waals surface area contributed by atoms with Crippen LogP contribution in [0.1, 0.15) is 26.2 Å². The molecule has 0 aromatic rings. The largest absolute Gasteiger partial charge is 0.461 e. The van der Waals surface area contributed by atoms with Gasteiger partial charge < -0.3 is 10.5 Å². The van der Waals surface area contributed by atoms with Crippen molar-refractivity contribution in [3.8, 4) is 0 Å². The molecule has 0 saturated heterocycles. The molecule has 0 saturated carbocycles. The van der Waals surface area contributed by atoms with Crippen molar-refractivity contribution >= 4 is 5.97 Å². The van der Waals surface area contributed by atoms with Gasteiger partial charge in [0, 0.05) is 12.5 Å². The van der Waals surface area contributed by atoms with Gasteiger partial charge in [-0.25, -0.2) is 0 Å². The molecule has 0 amide bonds. The first-order chi connectivity index (χ1) is 5.70. The summed E-state index contributed by atoms with van der Waals surface area (Å²) in [6.07, 6.45) is 3.56. The zero-order valence-electron chi connectivity index (χ0n) is 7.58. The van der Waals surface area contributed by atoms with E-state index in [0.29, 0.717) is 19.4 Å². The van der Waals surface area contributed by atoms with E-state index in [0.717, 1.165) is 6.42 Å². The summed E-state index contributed by atoms with van der Waals surface area (Å²) in [6, 6.07) is 0.112. The lowest BCUT2D eigenvalue weighted by Crippen LogP contribution is -2.20. The Labute approximate surface area is 73.6 Å². The minimum Gasteiger partial charge on any atom is -0.461 e. The van der Waals surface area contributed by atoms with Crippen molar-refractivity contribution < 1.29 is 9.53 Å². The third kappa shape index (κ3) is 5.92. The van der Waals surface area contributed by atoms with Crippen LogP contribution < -0.4 is 5.73 Å². The van der Waals surface area contributed by atoms with Gasteiger partial charge in [0.15, 0.2) is 0 Å². The molecule has 2 N–H and O–H groups in total. The Morgan fingerprint density at radius 1 is 1.75 bits per heavy atom. The maximum Gasteiger partial charge on any atom is 0.306 e. The highest BCUT2D eigenvalue weighted by molar-refractivity contribution is 5.69. The second-order valence-electron chi connectivity index (χ2n) is 2.68. The Kier molecular flexibility index (Phi) is 6.38. The van der Waals surface area contributed by atoms with Crippen LogP contribution >= 0.6 is 0 Å². The van der Waals surface area contributed by atoms with Crippen molar-refractivity contribution in [1.82, 2.24) is 0 Å². The SMILES string of the molecule is C=CCOC(=O)CCC(N)CC. The molecule has 0 spiro atoms. The summed E-state index contributed by atoms with van der Waals surface area (Å²) in [6.45, 7) is 5.73. The molecule has 12 heavy (non-hydrogen) atoms. The third-order valence-corrected chi connectivity index (χ3v) is 1.61. The van der Waals surface area contributed by atoms with Crippen LogP contribution in [0.25, 0.3) is 0 Å². The van der Waals surface area contributed by atoms with Gasteiger partial charge in [-0.15, -0.1) is 0 Å². The van der Waals surface area contributed by atoms with Crippen LogP contribution in [-0.2, 0) is 9.53 Å². The predicted molar refractivity (Wildman–Crippen MR) is 48.7 cm³/mol. The van der Waals surface area contributed by atoms with Crippen molar-refractivity contribution in [2.75, 3.05) is 6.61 Å². The van der Waals surface area contributed by atoms with Crippen molar-refractivity contribution in [2.24, 2.45) is 5.73 Å². The summed E-state index contributed by atoms with van der Waals surface area (Å²) in [7, 11) is 0. The number of nitrogens with two attached hydrogens (primary N) is 1. The summed E-state index contributed by atoms with van der Waals surface area (Å²) in [5.41, 5.74) is 5.62. The molecule has 0 radical (unpaired) electrons. The lowest BCUT2D eigenvalue weighted by atomic mass is 10.1. The van der Waals surface area contributed by atoms with Crippen LogP contribution in [0, 0.1) is 0 Å². The molecule has 0 aromatic heterocycles. The first-order valence-corrected chi connectivity index (χ1v) is 4.22. The van der Waals surface area contributed by atoms with Crippen molar-refractivity contribution in [3.05, 3.63) is 12.7 Å². The first-order valence-electron chi connectivity index (χ1n) is 4.22. The Hall–Kier alpha value is -0.830. The normalized spacial score (nSPS) is 12.2. The van der Waals surface area contributed by atoms with E-state index < -0.39 is 0 Å². The Balaban J connectivity index is 3.36. The Bertz CT molecular complexity index is 145. The molecule has 0 rings (SSSR count). The number of hydrogen-bond acceptors (Lipinski definition) is 3. The summed E-state index contributed by atoms with van der Waals surface area (Å²) in [4.78, 5) is 10.9. The van der Waals surface area contributed by atoms with E-state index in [1.54, 1.807) is 6.08 Å². The molecular formula is C9H17NO2. The fourth-order valence-electron chi connectivity index (χ4n) is 0.731. The molecule has 70 valence electrons. The molecule has 0 aliphatic heterocycles. The number of rotatable bonds is 6. The van der Waals surface area contributed by atoms with Gasteiger partial charge in [-0.3, -0.25) is 4.79 Å². The Morgan fingerprint density at radius 3 is 2.92 bits per heavy atom. The van der Waals surface area contributed by atoms with Crippen LogP contribution in [0.2, 0.25) is 0 Å². The average Bonchev–Trinajstić information content (AvgIpc) is 2.10. The lowest BCUT2D eigenvalue weighted by molar-refractivity contribution is -0.142. The Morgan fingerprint density at radius 2 is 2.42 bits per heavy atom. The molecule has 3 nitrogen and oxygen atoms in total. The number of carbonyl (C=O) groups is 1. The highest BCUT2D eigenvalue weighted by Gasteiger charge is 2.05. The van der Waals surface area contributed by atoms with E-state index in [1.807, 2.05) is 6.92 Å². The van der Waals surface area contributed by atoms with E-state index in [4.69, 9.17) is 10.5 Å². The zero-order chi connectivity index (χ0) is 9.40. The molecular weight excluding hydrogens is 154 g/mol. The fourth-order valence-corrected chi connectivity index (χ4v) is 0.731. The topological polar surface area (TPSA) is 52.3 Å². The van der Waals surface area contributed by atoms with Gasteiger partial charge in [-0.05, 0) is 12.8 Å². The van der Waals surface area contributed by atoms with Crippen LogP contribution in [0.4, 0.5) is 0 Å². The minimum atomic E-state index is -0.196. The number of ether oxygens (including phenoxy) is 1. The van der Waals surface area contributed by atoms with Crippen molar-refractivity contribution in [3.63, 3.8) is 0 Å². The number of esters is 1. The van der Waals surface area contributed by atoms with Gasteiger partial charge in [-0.1, -0.05) is 19.6 Å². The standard InChI is InChI=1S/C9H17NO2/c1-3-7-12-9(11)6-5-8(10)4-2/h3,8H,1,4-7,10H2,2H3. The van der Waals surface area contributed by atoms with Crippen molar-refractivity contribution in [1.29, 1.82) is 0 Å². The monoisotopic (exact) mass is 171 g/mol. The number of carbonyl (C=O) groups excluding carboxylic acids is 1. The van der Waals surface area contributed by atoms with E-state index in [-0.39, 0.29) is 12.0 Å². The third-order valence-electron chi connectivity index (χ3n) is 1.61. The molecule has 0 aliphatic rings. The van der Waals surface area contributed by atoms with E-state index >= 15 is 0 Å². The molecule has 1 unspecified atom stereocenters. The van der Waals surface area contributed by atoms with E-state index in [9.17, 15) is 4.79 Å². The maximum absolute atomic E-state index is 10.9. The van der Waals surface area contributed by atoms with E-state index in [1.165, 1.54) is 0 Å². The smallest absolute Gasteiger partial charge is 0.306 e. The minimum absolute atomic E-state index is 0.112. The molecule has 0 aliphatic carbocycles. The average molecular weight is 171 g/mol. The van der Waals surface area contributed by atoms with Gasteiger partial charge in [0.25, 0.3) is 0 Å². The van der Waals surface area contributed by atoms with Crippen LogP contribution in [0.15, 0.2) is 12.7 Å².